The molecule has 2 atom stereocenters. The SMILES string of the molecule is Cc1ccc(CN2CCN(S(=O)(=O)c3cccc(S(=O)(=O)Cl)c3)CC2)cc1.Cc1ccc(CN2CCNCC2)cc1.P.P. The van der Waals surface area contributed by atoms with E-state index >= 15 is 0 Å². The molecule has 0 spiro atoms. The summed E-state index contributed by atoms with van der Waals surface area (Å²) in [5.41, 5.74) is 5.17. The van der Waals surface area contributed by atoms with Crippen LogP contribution in [0.15, 0.2) is 82.6 Å². The van der Waals surface area contributed by atoms with E-state index in [2.05, 4.69) is 70.6 Å². The van der Waals surface area contributed by atoms with E-state index in [9.17, 15) is 16.8 Å². The van der Waals surface area contributed by atoms with Crippen LogP contribution in [0.25, 0.3) is 0 Å². The fourth-order valence-electron chi connectivity index (χ4n) is 4.84. The van der Waals surface area contributed by atoms with Crippen LogP contribution in [0, 0.1) is 13.8 Å². The van der Waals surface area contributed by atoms with Crippen LogP contribution < -0.4 is 5.32 Å². The number of aryl methyl sites for hydroxylation is 2. The fourth-order valence-corrected chi connectivity index (χ4v) is 7.18. The first-order chi connectivity index (χ1) is 19.5. The number of hydrogen-bond acceptors (Lipinski definition) is 7. The van der Waals surface area contributed by atoms with Gasteiger partial charge in [-0.2, -0.15) is 24.1 Å². The zero-order valence-electron chi connectivity index (χ0n) is 25.1. The van der Waals surface area contributed by atoms with Crippen molar-refractivity contribution in [3.63, 3.8) is 0 Å². The Labute approximate surface area is 268 Å². The molecule has 238 valence electrons. The van der Waals surface area contributed by atoms with E-state index in [1.165, 1.54) is 57.8 Å². The van der Waals surface area contributed by atoms with E-state index < -0.39 is 19.1 Å². The van der Waals surface area contributed by atoms with Crippen molar-refractivity contribution in [1.29, 1.82) is 0 Å². The summed E-state index contributed by atoms with van der Waals surface area (Å²) in [4.78, 5) is 4.43. The van der Waals surface area contributed by atoms with Crippen molar-refractivity contribution in [2.24, 2.45) is 0 Å². The third-order valence-electron chi connectivity index (χ3n) is 7.32. The molecule has 0 bridgehead atoms. The third-order valence-corrected chi connectivity index (χ3v) is 10.6. The van der Waals surface area contributed by atoms with Gasteiger partial charge in [-0.1, -0.05) is 65.7 Å². The van der Waals surface area contributed by atoms with E-state index in [1.807, 2.05) is 6.92 Å². The minimum Gasteiger partial charge on any atom is -0.314 e. The molecule has 0 aliphatic carbocycles. The molecule has 8 nitrogen and oxygen atoms in total. The van der Waals surface area contributed by atoms with Crippen LogP contribution in [0.5, 0.6) is 0 Å². The van der Waals surface area contributed by atoms with Gasteiger partial charge in [0.1, 0.15) is 0 Å². The molecule has 0 amide bonds. The molecule has 0 radical (unpaired) electrons. The number of rotatable bonds is 7. The maximum Gasteiger partial charge on any atom is 0.261 e. The molecule has 0 saturated carbocycles. The summed E-state index contributed by atoms with van der Waals surface area (Å²) < 4.78 is 50.0. The first-order valence-corrected chi connectivity index (χ1v) is 17.6. The maximum absolute atomic E-state index is 12.8. The Balaban J connectivity index is 0.000000342. The summed E-state index contributed by atoms with van der Waals surface area (Å²) in [5, 5.41) is 3.37. The minimum absolute atomic E-state index is 0. The Bertz CT molecular complexity index is 1500. The van der Waals surface area contributed by atoms with E-state index in [0.29, 0.717) is 26.2 Å². The van der Waals surface area contributed by atoms with Gasteiger partial charge in [-0.25, -0.2) is 16.8 Å². The summed E-state index contributed by atoms with van der Waals surface area (Å²) in [6.45, 7) is 12.6. The lowest BCUT2D eigenvalue weighted by Crippen LogP contribution is -2.48. The van der Waals surface area contributed by atoms with Crippen molar-refractivity contribution in [3.8, 4) is 0 Å². The number of nitrogens with zero attached hydrogens (tertiary/aromatic N) is 3. The quantitative estimate of drug-likeness (QED) is 0.298. The summed E-state index contributed by atoms with van der Waals surface area (Å²) in [7, 11) is -2.42. The minimum atomic E-state index is -3.98. The topological polar surface area (TPSA) is 90.0 Å². The van der Waals surface area contributed by atoms with E-state index in [4.69, 9.17) is 10.7 Å². The van der Waals surface area contributed by atoms with Gasteiger partial charge < -0.3 is 5.32 Å². The van der Waals surface area contributed by atoms with Gasteiger partial charge >= 0.3 is 0 Å². The summed E-state index contributed by atoms with van der Waals surface area (Å²) >= 11 is 0. The molecule has 13 heteroatoms. The average Bonchev–Trinajstić information content (AvgIpc) is 2.96. The predicted molar refractivity (Wildman–Crippen MR) is 186 cm³/mol. The van der Waals surface area contributed by atoms with E-state index in [-0.39, 0.29) is 29.6 Å². The number of piperazine rings is 2. The van der Waals surface area contributed by atoms with Gasteiger partial charge in [0, 0.05) is 76.1 Å². The van der Waals surface area contributed by atoms with E-state index in [0.717, 1.165) is 32.2 Å². The van der Waals surface area contributed by atoms with Gasteiger partial charge in [0.2, 0.25) is 10.0 Å². The summed E-state index contributed by atoms with van der Waals surface area (Å²) in [6, 6.07) is 22.3. The zero-order chi connectivity index (χ0) is 29.5. The summed E-state index contributed by atoms with van der Waals surface area (Å²) in [5.74, 6) is 0. The zero-order valence-corrected chi connectivity index (χ0v) is 30.3. The molecule has 3 aromatic carbocycles. The standard InChI is InChI=1S/C18H21ClN2O4S2.C12H18N2.2H3P/c1-15-5-7-16(8-6-15)14-20-9-11-21(12-10-20)27(24,25)18-4-2-3-17(13-18)26(19,22)23;1-11-2-4-12(5-3-11)10-14-8-6-13-7-9-14;;/h2-8,13H,9-12,14H2,1H3;2-5,13H,6-10H2,1H3;2*1H3. The van der Waals surface area contributed by atoms with Crippen molar-refractivity contribution < 1.29 is 16.8 Å². The van der Waals surface area contributed by atoms with Gasteiger partial charge in [0.25, 0.3) is 9.05 Å². The second-order valence-corrected chi connectivity index (χ2v) is 15.1. The Morgan fingerprint density at radius 1 is 0.651 bits per heavy atom. The van der Waals surface area contributed by atoms with Crippen LogP contribution in [0.4, 0.5) is 0 Å². The lowest BCUT2D eigenvalue weighted by atomic mass is 10.1. The number of nitrogens with one attached hydrogen (secondary N) is 1. The second kappa shape index (κ2) is 17.3. The van der Waals surface area contributed by atoms with Crippen LogP contribution >= 0.6 is 30.5 Å². The van der Waals surface area contributed by atoms with Crippen molar-refractivity contribution >= 4 is 49.6 Å². The second-order valence-electron chi connectivity index (χ2n) is 10.6. The molecule has 2 saturated heterocycles. The molecular weight excluding hydrogens is 642 g/mol. The molecule has 3 aromatic rings. The van der Waals surface area contributed by atoms with Gasteiger partial charge in [-0.15, -0.1) is 0 Å². The number of benzene rings is 3. The van der Waals surface area contributed by atoms with Gasteiger partial charge in [0.15, 0.2) is 0 Å². The Hall–Kier alpha value is -1.45. The first kappa shape index (κ1) is 37.7. The number of sulfonamides is 1. The molecule has 2 fully saturated rings. The number of halogens is 1. The highest BCUT2D eigenvalue weighted by molar-refractivity contribution is 8.13. The smallest absolute Gasteiger partial charge is 0.261 e. The Morgan fingerprint density at radius 2 is 1.09 bits per heavy atom. The maximum atomic E-state index is 12.8. The van der Waals surface area contributed by atoms with Crippen LogP contribution in [0.1, 0.15) is 22.3 Å². The Morgan fingerprint density at radius 3 is 1.56 bits per heavy atom. The van der Waals surface area contributed by atoms with Gasteiger partial charge in [-0.05, 0) is 43.2 Å². The van der Waals surface area contributed by atoms with E-state index in [1.54, 1.807) is 0 Å². The highest BCUT2D eigenvalue weighted by Crippen LogP contribution is 2.23. The molecule has 5 rings (SSSR count). The highest BCUT2D eigenvalue weighted by Gasteiger charge is 2.29. The lowest BCUT2D eigenvalue weighted by Gasteiger charge is -2.34. The van der Waals surface area contributed by atoms with Crippen molar-refractivity contribution in [2.45, 2.75) is 36.7 Å². The molecule has 43 heavy (non-hydrogen) atoms. The van der Waals surface area contributed by atoms with Crippen molar-refractivity contribution in [2.75, 3.05) is 52.4 Å². The first-order valence-electron chi connectivity index (χ1n) is 13.8. The van der Waals surface area contributed by atoms with Crippen LogP contribution in [-0.4, -0.2) is 83.3 Å². The lowest BCUT2D eigenvalue weighted by molar-refractivity contribution is 0.181. The van der Waals surface area contributed by atoms with Crippen LogP contribution in [0.3, 0.4) is 0 Å². The molecular formula is C30H45ClN4O4P2S2. The largest absolute Gasteiger partial charge is 0.314 e. The predicted octanol–water partition coefficient (Wildman–Crippen LogP) is 3.95. The van der Waals surface area contributed by atoms with Gasteiger partial charge in [0.05, 0.1) is 9.79 Å². The molecule has 2 aliphatic heterocycles. The van der Waals surface area contributed by atoms with Crippen LogP contribution in [0.2, 0.25) is 0 Å². The molecule has 1 N–H and O–H groups in total. The number of hydrogen-bond donors (Lipinski definition) is 1. The normalized spacial score (nSPS) is 16.7. The third kappa shape index (κ3) is 11.4. The van der Waals surface area contributed by atoms with Crippen molar-refractivity contribution in [3.05, 3.63) is 95.1 Å². The highest BCUT2D eigenvalue weighted by atomic mass is 35.7. The monoisotopic (exact) mass is 686 g/mol. The average molecular weight is 687 g/mol. The molecule has 2 aliphatic rings. The van der Waals surface area contributed by atoms with Crippen molar-refractivity contribution in [1.82, 2.24) is 19.4 Å². The van der Waals surface area contributed by atoms with Gasteiger partial charge in [-0.3, -0.25) is 9.80 Å². The summed E-state index contributed by atoms with van der Waals surface area (Å²) in [6.07, 6.45) is 0. The molecule has 2 heterocycles. The molecule has 0 aromatic heterocycles. The Kier molecular flexibility index (Phi) is 15.2. The molecule has 2 unspecified atom stereocenters. The van der Waals surface area contributed by atoms with Crippen LogP contribution in [-0.2, 0) is 32.2 Å². The fraction of sp³-hybridized carbons (Fsp3) is 0.400.